The van der Waals surface area contributed by atoms with Crippen LogP contribution in [-0.2, 0) is 0 Å². The smallest absolute Gasteiger partial charge is 0.0987 e. The Hall–Kier alpha value is -2.02. The zero-order chi connectivity index (χ0) is 14.3. The highest BCUT2D eigenvalue weighted by atomic mass is 16.3. The van der Waals surface area contributed by atoms with E-state index < -0.39 is 0 Å². The minimum Gasteiger partial charge on any atom is -0.471 e. The molecule has 0 N–H and O–H groups in total. The van der Waals surface area contributed by atoms with Gasteiger partial charge < -0.3 is 4.42 Å². The number of fused-ring (bicyclic) bond motifs is 3. The van der Waals surface area contributed by atoms with Crippen molar-refractivity contribution >= 4 is 11.6 Å². The summed E-state index contributed by atoms with van der Waals surface area (Å²) in [6.45, 7) is 8.84. The van der Waals surface area contributed by atoms with Gasteiger partial charge in [0.15, 0.2) is 0 Å². The van der Waals surface area contributed by atoms with E-state index in [2.05, 4.69) is 58.1 Å². The molecule has 0 aliphatic heterocycles. The first-order valence-corrected chi connectivity index (χ1v) is 7.14. The van der Waals surface area contributed by atoms with E-state index in [0.29, 0.717) is 5.92 Å². The van der Waals surface area contributed by atoms with Gasteiger partial charge in [0.25, 0.3) is 0 Å². The SMILES string of the molecule is CC1=C2C=C(C(C)C)C=CC(C)=C2c2cocc2C=C1. The topological polar surface area (TPSA) is 13.1 Å². The summed E-state index contributed by atoms with van der Waals surface area (Å²) in [7, 11) is 0. The van der Waals surface area contributed by atoms with Gasteiger partial charge in [-0.2, -0.15) is 0 Å². The normalized spacial score (nSPS) is 17.9. The predicted octanol–water partition coefficient (Wildman–Crippen LogP) is 5.55. The molecule has 0 fully saturated rings. The molecular weight excluding hydrogens is 244 g/mol. The average molecular weight is 264 g/mol. The summed E-state index contributed by atoms with van der Waals surface area (Å²) in [5.74, 6) is 0.523. The molecule has 1 heterocycles. The van der Waals surface area contributed by atoms with Crippen molar-refractivity contribution in [2.75, 3.05) is 0 Å². The van der Waals surface area contributed by atoms with Gasteiger partial charge in [0.05, 0.1) is 12.5 Å². The molecule has 1 heteroatoms. The Balaban J connectivity index is 2.30. The number of allylic oxidation sites excluding steroid dienone is 9. The lowest BCUT2D eigenvalue weighted by Gasteiger charge is -2.12. The van der Waals surface area contributed by atoms with Crippen LogP contribution in [0.2, 0.25) is 0 Å². The maximum absolute atomic E-state index is 5.42. The molecule has 0 radical (unpaired) electrons. The summed E-state index contributed by atoms with van der Waals surface area (Å²) in [5.41, 5.74) is 8.92. The van der Waals surface area contributed by atoms with Crippen LogP contribution in [0.5, 0.6) is 0 Å². The van der Waals surface area contributed by atoms with Gasteiger partial charge in [-0.3, -0.25) is 0 Å². The van der Waals surface area contributed by atoms with Gasteiger partial charge >= 0.3 is 0 Å². The van der Waals surface area contributed by atoms with Crippen LogP contribution in [0.4, 0.5) is 0 Å². The molecule has 102 valence electrons. The van der Waals surface area contributed by atoms with Crippen molar-refractivity contribution in [2.45, 2.75) is 27.7 Å². The van der Waals surface area contributed by atoms with Crippen LogP contribution in [0.1, 0.15) is 38.8 Å². The largest absolute Gasteiger partial charge is 0.471 e. The summed E-state index contributed by atoms with van der Waals surface area (Å²) in [4.78, 5) is 0. The maximum Gasteiger partial charge on any atom is 0.0987 e. The van der Waals surface area contributed by atoms with Crippen LogP contribution in [0.3, 0.4) is 0 Å². The lowest BCUT2D eigenvalue weighted by molar-refractivity contribution is 0.566. The molecule has 1 aromatic rings. The average Bonchev–Trinajstić information content (AvgIpc) is 2.73. The van der Waals surface area contributed by atoms with Crippen molar-refractivity contribution in [3.05, 3.63) is 70.2 Å². The van der Waals surface area contributed by atoms with E-state index in [1.807, 2.05) is 12.5 Å². The molecule has 0 unspecified atom stereocenters. The molecule has 3 rings (SSSR count). The third-order valence-corrected chi connectivity index (χ3v) is 4.07. The molecule has 0 bridgehead atoms. The fraction of sp³-hybridized carbons (Fsp3) is 0.263. The van der Waals surface area contributed by atoms with E-state index in [1.165, 1.54) is 33.4 Å². The molecular formula is C19H20O. The monoisotopic (exact) mass is 264 g/mol. The van der Waals surface area contributed by atoms with Crippen LogP contribution in [-0.4, -0.2) is 0 Å². The third kappa shape index (κ3) is 2.03. The molecule has 0 atom stereocenters. The van der Waals surface area contributed by atoms with Crippen LogP contribution >= 0.6 is 0 Å². The van der Waals surface area contributed by atoms with Gasteiger partial charge in [0.1, 0.15) is 0 Å². The van der Waals surface area contributed by atoms with Gasteiger partial charge in [-0.25, -0.2) is 0 Å². The van der Waals surface area contributed by atoms with E-state index >= 15 is 0 Å². The second kappa shape index (κ2) is 4.82. The molecule has 1 nitrogen and oxygen atoms in total. The standard InChI is InChI=1S/C19H20O/c1-12(2)15-7-6-14(4)19-17(9-15)13(3)5-8-16-10-20-11-18(16)19/h5-12H,1-4H3. The highest BCUT2D eigenvalue weighted by Crippen LogP contribution is 2.39. The van der Waals surface area contributed by atoms with Gasteiger partial charge in [-0.05, 0) is 47.6 Å². The summed E-state index contributed by atoms with van der Waals surface area (Å²) < 4.78 is 5.42. The van der Waals surface area contributed by atoms with Crippen molar-refractivity contribution in [3.8, 4) is 0 Å². The first-order valence-electron chi connectivity index (χ1n) is 7.14. The van der Waals surface area contributed by atoms with Crippen molar-refractivity contribution < 1.29 is 4.42 Å². The Morgan fingerprint density at radius 3 is 2.40 bits per heavy atom. The molecule has 0 spiro atoms. The molecule has 0 amide bonds. The van der Waals surface area contributed by atoms with E-state index in [1.54, 1.807) is 0 Å². The highest BCUT2D eigenvalue weighted by molar-refractivity contribution is 5.92. The minimum absolute atomic E-state index is 0.523. The van der Waals surface area contributed by atoms with Crippen LogP contribution < -0.4 is 0 Å². The van der Waals surface area contributed by atoms with Crippen molar-refractivity contribution in [3.63, 3.8) is 0 Å². The first-order chi connectivity index (χ1) is 9.58. The molecule has 20 heavy (non-hydrogen) atoms. The summed E-state index contributed by atoms with van der Waals surface area (Å²) in [5, 5.41) is 0. The Kier molecular flexibility index (Phi) is 3.13. The van der Waals surface area contributed by atoms with Crippen molar-refractivity contribution in [1.82, 2.24) is 0 Å². The van der Waals surface area contributed by atoms with Crippen molar-refractivity contribution in [2.24, 2.45) is 5.92 Å². The molecule has 2 aliphatic rings. The van der Waals surface area contributed by atoms with Gasteiger partial charge in [0, 0.05) is 11.1 Å². The molecule has 0 saturated carbocycles. The Labute approximate surface area is 120 Å². The van der Waals surface area contributed by atoms with E-state index in [0.717, 1.165) is 5.56 Å². The molecule has 1 aromatic heterocycles. The van der Waals surface area contributed by atoms with E-state index in [-0.39, 0.29) is 0 Å². The van der Waals surface area contributed by atoms with Crippen LogP contribution in [0, 0.1) is 5.92 Å². The number of hydrogen-bond acceptors (Lipinski definition) is 1. The van der Waals surface area contributed by atoms with E-state index in [9.17, 15) is 0 Å². The third-order valence-electron chi connectivity index (χ3n) is 4.07. The predicted molar refractivity (Wildman–Crippen MR) is 85.1 cm³/mol. The minimum atomic E-state index is 0.523. The Morgan fingerprint density at radius 1 is 0.900 bits per heavy atom. The van der Waals surface area contributed by atoms with Gasteiger partial charge in [-0.15, -0.1) is 0 Å². The fourth-order valence-corrected chi connectivity index (χ4v) is 2.78. The maximum atomic E-state index is 5.42. The van der Waals surface area contributed by atoms with E-state index in [4.69, 9.17) is 4.42 Å². The zero-order valence-electron chi connectivity index (χ0n) is 12.5. The Morgan fingerprint density at radius 2 is 1.65 bits per heavy atom. The van der Waals surface area contributed by atoms with Crippen molar-refractivity contribution in [1.29, 1.82) is 0 Å². The molecule has 0 aromatic carbocycles. The Bertz CT molecular complexity index is 700. The fourth-order valence-electron chi connectivity index (χ4n) is 2.78. The first kappa shape index (κ1) is 13.0. The summed E-state index contributed by atoms with van der Waals surface area (Å²) >= 11 is 0. The number of furan rings is 1. The second-order valence-electron chi connectivity index (χ2n) is 5.86. The van der Waals surface area contributed by atoms with Crippen LogP contribution in [0.25, 0.3) is 11.6 Å². The highest BCUT2D eigenvalue weighted by Gasteiger charge is 2.20. The lowest BCUT2D eigenvalue weighted by atomic mass is 9.91. The zero-order valence-corrected chi connectivity index (χ0v) is 12.5. The number of hydrogen-bond donors (Lipinski definition) is 0. The van der Waals surface area contributed by atoms with Gasteiger partial charge in [-0.1, -0.05) is 44.2 Å². The second-order valence-corrected chi connectivity index (χ2v) is 5.86. The quantitative estimate of drug-likeness (QED) is 0.648. The molecule has 2 aliphatic carbocycles. The summed E-state index contributed by atoms with van der Waals surface area (Å²) in [6, 6.07) is 0. The van der Waals surface area contributed by atoms with Gasteiger partial charge in [0.2, 0.25) is 0 Å². The lowest BCUT2D eigenvalue weighted by Crippen LogP contribution is -1.94. The molecule has 0 saturated heterocycles. The van der Waals surface area contributed by atoms with Crippen LogP contribution in [0.15, 0.2) is 63.5 Å². The summed E-state index contributed by atoms with van der Waals surface area (Å²) in [6.07, 6.45) is 14.8. The number of rotatable bonds is 1.